The molecule has 0 fully saturated rings. The van der Waals surface area contributed by atoms with Crippen molar-refractivity contribution in [1.29, 1.82) is 0 Å². The SMILES string of the molecule is CCNC(C)c1ccc(Br)cc1OCCC(=O)NC(C)C. The van der Waals surface area contributed by atoms with Gasteiger partial charge in [-0.2, -0.15) is 0 Å². The minimum Gasteiger partial charge on any atom is -0.493 e. The molecular formula is C16H25BrN2O2. The van der Waals surface area contributed by atoms with Gasteiger partial charge in [0.15, 0.2) is 0 Å². The average molecular weight is 357 g/mol. The number of benzene rings is 1. The molecule has 0 saturated carbocycles. The molecule has 21 heavy (non-hydrogen) atoms. The number of halogens is 1. The Morgan fingerprint density at radius 3 is 2.67 bits per heavy atom. The summed E-state index contributed by atoms with van der Waals surface area (Å²) in [5, 5.41) is 6.23. The molecule has 0 aliphatic heterocycles. The fourth-order valence-corrected chi connectivity index (χ4v) is 2.39. The largest absolute Gasteiger partial charge is 0.493 e. The van der Waals surface area contributed by atoms with E-state index in [1.807, 2.05) is 32.0 Å². The zero-order chi connectivity index (χ0) is 15.8. The molecule has 1 unspecified atom stereocenters. The van der Waals surface area contributed by atoms with Crippen molar-refractivity contribution in [2.75, 3.05) is 13.2 Å². The van der Waals surface area contributed by atoms with Crippen LogP contribution in [0.15, 0.2) is 22.7 Å². The molecule has 0 aromatic heterocycles. The first-order chi connectivity index (χ1) is 9.93. The lowest BCUT2D eigenvalue weighted by atomic mass is 10.1. The lowest BCUT2D eigenvalue weighted by Gasteiger charge is -2.18. The Morgan fingerprint density at radius 2 is 2.05 bits per heavy atom. The molecule has 4 nitrogen and oxygen atoms in total. The molecule has 5 heteroatoms. The van der Waals surface area contributed by atoms with Crippen LogP contribution in [0.4, 0.5) is 0 Å². The van der Waals surface area contributed by atoms with E-state index in [9.17, 15) is 4.79 Å². The fourth-order valence-electron chi connectivity index (χ4n) is 2.05. The predicted molar refractivity (Wildman–Crippen MR) is 89.6 cm³/mol. The Hall–Kier alpha value is -1.07. The van der Waals surface area contributed by atoms with Gasteiger partial charge in [-0.3, -0.25) is 4.79 Å². The Morgan fingerprint density at radius 1 is 1.33 bits per heavy atom. The standard InChI is InChI=1S/C16H25BrN2O2/c1-5-18-12(4)14-7-6-13(17)10-15(14)21-9-8-16(20)19-11(2)3/h6-7,10-12,18H,5,8-9H2,1-4H3,(H,19,20). The molecule has 0 saturated heterocycles. The van der Waals surface area contributed by atoms with Gasteiger partial charge in [-0.05, 0) is 39.4 Å². The van der Waals surface area contributed by atoms with Gasteiger partial charge in [-0.1, -0.05) is 28.9 Å². The molecule has 2 N–H and O–H groups in total. The zero-order valence-corrected chi connectivity index (χ0v) is 14.8. The van der Waals surface area contributed by atoms with E-state index in [0.29, 0.717) is 13.0 Å². The van der Waals surface area contributed by atoms with Gasteiger partial charge < -0.3 is 15.4 Å². The average Bonchev–Trinajstić information content (AvgIpc) is 2.38. The van der Waals surface area contributed by atoms with E-state index in [0.717, 1.165) is 22.3 Å². The number of hydrogen-bond acceptors (Lipinski definition) is 3. The summed E-state index contributed by atoms with van der Waals surface area (Å²) in [6, 6.07) is 6.36. The Labute approximate surface area is 135 Å². The topological polar surface area (TPSA) is 50.4 Å². The minimum absolute atomic E-state index is 0.0151. The van der Waals surface area contributed by atoms with Crippen LogP contribution in [-0.2, 0) is 4.79 Å². The van der Waals surface area contributed by atoms with E-state index in [1.54, 1.807) is 0 Å². The summed E-state index contributed by atoms with van der Waals surface area (Å²) in [6.07, 6.45) is 0.361. The van der Waals surface area contributed by atoms with Crippen LogP contribution in [0.25, 0.3) is 0 Å². The third-order valence-corrected chi connectivity index (χ3v) is 3.48. The van der Waals surface area contributed by atoms with Gasteiger partial charge in [0.05, 0.1) is 13.0 Å². The molecule has 0 radical (unpaired) electrons. The highest BCUT2D eigenvalue weighted by Gasteiger charge is 2.12. The van der Waals surface area contributed by atoms with Gasteiger partial charge in [0, 0.05) is 22.1 Å². The quantitative estimate of drug-likeness (QED) is 0.750. The van der Waals surface area contributed by atoms with Crippen LogP contribution in [-0.4, -0.2) is 25.1 Å². The molecule has 1 aromatic carbocycles. The van der Waals surface area contributed by atoms with Crippen molar-refractivity contribution < 1.29 is 9.53 Å². The van der Waals surface area contributed by atoms with Crippen LogP contribution < -0.4 is 15.4 Å². The Balaban J connectivity index is 2.64. The fraction of sp³-hybridized carbons (Fsp3) is 0.562. The van der Waals surface area contributed by atoms with Gasteiger partial charge in [-0.25, -0.2) is 0 Å². The molecule has 118 valence electrons. The maximum absolute atomic E-state index is 11.6. The van der Waals surface area contributed by atoms with Crippen molar-refractivity contribution in [3.8, 4) is 5.75 Å². The van der Waals surface area contributed by atoms with E-state index < -0.39 is 0 Å². The third-order valence-electron chi connectivity index (χ3n) is 2.99. The predicted octanol–water partition coefficient (Wildman–Crippen LogP) is 3.41. The van der Waals surface area contributed by atoms with Crippen molar-refractivity contribution in [2.24, 2.45) is 0 Å². The van der Waals surface area contributed by atoms with E-state index >= 15 is 0 Å². The minimum atomic E-state index is 0.0151. The number of rotatable bonds is 8. The summed E-state index contributed by atoms with van der Waals surface area (Å²) in [6.45, 7) is 9.35. The summed E-state index contributed by atoms with van der Waals surface area (Å²) < 4.78 is 6.78. The Kier molecular flexibility index (Phi) is 7.75. The van der Waals surface area contributed by atoms with Crippen molar-refractivity contribution in [2.45, 2.75) is 46.2 Å². The lowest BCUT2D eigenvalue weighted by molar-refractivity contribution is -0.122. The highest BCUT2D eigenvalue weighted by atomic mass is 79.9. The van der Waals surface area contributed by atoms with Gasteiger partial charge in [0.1, 0.15) is 5.75 Å². The van der Waals surface area contributed by atoms with Crippen LogP contribution in [0.1, 0.15) is 45.7 Å². The molecule has 1 amide bonds. The molecule has 1 rings (SSSR count). The molecular weight excluding hydrogens is 332 g/mol. The number of nitrogens with one attached hydrogen (secondary N) is 2. The highest BCUT2D eigenvalue weighted by molar-refractivity contribution is 9.10. The van der Waals surface area contributed by atoms with Crippen LogP contribution in [0.2, 0.25) is 0 Å². The maximum atomic E-state index is 11.6. The van der Waals surface area contributed by atoms with E-state index in [1.165, 1.54) is 0 Å². The maximum Gasteiger partial charge on any atom is 0.223 e. The molecule has 0 aliphatic rings. The van der Waals surface area contributed by atoms with Crippen LogP contribution in [0.5, 0.6) is 5.75 Å². The second kappa shape index (κ2) is 9.05. The molecule has 0 spiro atoms. The first-order valence-corrected chi connectivity index (χ1v) is 8.18. The van der Waals surface area contributed by atoms with E-state index in [4.69, 9.17) is 4.74 Å². The third kappa shape index (κ3) is 6.48. The summed E-state index contributed by atoms with van der Waals surface area (Å²) in [7, 11) is 0. The monoisotopic (exact) mass is 356 g/mol. The molecule has 1 atom stereocenters. The second-order valence-corrected chi connectivity index (χ2v) is 6.20. The number of carbonyl (C=O) groups excluding carboxylic acids is 1. The summed E-state index contributed by atoms with van der Waals surface area (Å²) in [5.41, 5.74) is 1.10. The lowest BCUT2D eigenvalue weighted by Crippen LogP contribution is -2.31. The Bertz CT molecular complexity index is 464. The van der Waals surface area contributed by atoms with Crippen molar-refractivity contribution in [1.82, 2.24) is 10.6 Å². The molecule has 0 aliphatic carbocycles. The number of amides is 1. The van der Waals surface area contributed by atoms with Crippen LogP contribution in [0.3, 0.4) is 0 Å². The zero-order valence-electron chi connectivity index (χ0n) is 13.2. The van der Waals surface area contributed by atoms with Gasteiger partial charge in [-0.15, -0.1) is 0 Å². The van der Waals surface area contributed by atoms with Crippen molar-refractivity contribution in [3.63, 3.8) is 0 Å². The summed E-state index contributed by atoms with van der Waals surface area (Å²) >= 11 is 3.46. The van der Waals surface area contributed by atoms with Crippen LogP contribution in [0, 0.1) is 0 Å². The number of hydrogen-bond donors (Lipinski definition) is 2. The highest BCUT2D eigenvalue weighted by Crippen LogP contribution is 2.28. The van der Waals surface area contributed by atoms with Crippen molar-refractivity contribution >= 4 is 21.8 Å². The summed E-state index contributed by atoms with van der Waals surface area (Å²) in [5.74, 6) is 0.830. The van der Waals surface area contributed by atoms with E-state index in [2.05, 4.69) is 40.4 Å². The number of ether oxygens (including phenoxy) is 1. The number of carbonyl (C=O) groups is 1. The van der Waals surface area contributed by atoms with Crippen molar-refractivity contribution in [3.05, 3.63) is 28.2 Å². The molecule has 1 aromatic rings. The normalized spacial score (nSPS) is 12.3. The molecule has 0 bridgehead atoms. The first kappa shape index (κ1) is 18.0. The molecule has 0 heterocycles. The van der Waals surface area contributed by atoms with Crippen LogP contribution >= 0.6 is 15.9 Å². The van der Waals surface area contributed by atoms with Gasteiger partial charge >= 0.3 is 0 Å². The summed E-state index contributed by atoms with van der Waals surface area (Å²) in [4.78, 5) is 11.6. The van der Waals surface area contributed by atoms with E-state index in [-0.39, 0.29) is 18.0 Å². The van der Waals surface area contributed by atoms with Gasteiger partial charge in [0.25, 0.3) is 0 Å². The smallest absolute Gasteiger partial charge is 0.223 e. The second-order valence-electron chi connectivity index (χ2n) is 5.28. The first-order valence-electron chi connectivity index (χ1n) is 7.39. The van der Waals surface area contributed by atoms with Gasteiger partial charge in [0.2, 0.25) is 5.91 Å².